The van der Waals surface area contributed by atoms with Crippen LogP contribution in [0.2, 0.25) is 0 Å². The van der Waals surface area contributed by atoms with Crippen LogP contribution in [-0.2, 0) is 5.54 Å². The van der Waals surface area contributed by atoms with Gasteiger partial charge in [0.2, 0.25) is 0 Å². The smallest absolute Gasteiger partial charge is 0.144 e. The maximum atomic E-state index is 6.54. The van der Waals surface area contributed by atoms with E-state index in [1.807, 2.05) is 18.3 Å². The fourth-order valence-electron chi connectivity index (χ4n) is 5.08. The lowest BCUT2D eigenvalue weighted by Crippen LogP contribution is -2.42. The maximum Gasteiger partial charge on any atom is 0.144 e. The number of nitrogens with zero attached hydrogens (tertiary/aromatic N) is 1. The van der Waals surface area contributed by atoms with Crippen molar-refractivity contribution < 1.29 is 0 Å². The molecule has 0 aliphatic heterocycles. The van der Waals surface area contributed by atoms with E-state index in [0.717, 1.165) is 5.69 Å². The molecule has 3 aliphatic carbocycles. The molecule has 3 aromatic carbocycles. The summed E-state index contributed by atoms with van der Waals surface area (Å²) in [6.45, 7) is 0. The summed E-state index contributed by atoms with van der Waals surface area (Å²) in [4.78, 5) is 8.45. The summed E-state index contributed by atoms with van der Waals surface area (Å²) in [6, 6.07) is 29.9. The third-order valence-corrected chi connectivity index (χ3v) is 6.15. The van der Waals surface area contributed by atoms with E-state index in [0.29, 0.717) is 5.84 Å². The number of benzene rings is 3. The number of nitrogens with two attached hydrogens (primary N) is 1. The van der Waals surface area contributed by atoms with Crippen molar-refractivity contribution >= 4 is 5.84 Å². The van der Waals surface area contributed by atoms with Crippen LogP contribution in [0.5, 0.6) is 0 Å². The fourth-order valence-corrected chi connectivity index (χ4v) is 5.08. The minimum Gasteiger partial charge on any atom is -0.382 e. The first-order chi connectivity index (χ1) is 13.8. The molecule has 0 fully saturated rings. The standard InChI is InChI=1S/C25H19N3/c26-24(22-14-7-15-27-22)28-25-19-11-4-1-8-16(19)23(17-9-2-5-12-20(17)25)18-10-3-6-13-21(18)25/h1-15,23,27H,(H2,26,28). The SMILES string of the molecule is NC(=NC12c3ccccc3C(c3ccccc31)c1ccccc12)c1ccc[nH]1. The van der Waals surface area contributed by atoms with Crippen LogP contribution >= 0.6 is 0 Å². The van der Waals surface area contributed by atoms with Gasteiger partial charge in [-0.15, -0.1) is 0 Å². The first-order valence-corrected chi connectivity index (χ1v) is 9.58. The van der Waals surface area contributed by atoms with Gasteiger partial charge < -0.3 is 10.7 Å². The van der Waals surface area contributed by atoms with Gasteiger partial charge in [-0.25, -0.2) is 4.99 Å². The zero-order valence-corrected chi connectivity index (χ0v) is 15.3. The molecule has 1 aromatic heterocycles. The molecule has 3 heteroatoms. The number of nitrogens with one attached hydrogen (secondary N) is 1. The van der Waals surface area contributed by atoms with E-state index in [1.165, 1.54) is 33.4 Å². The van der Waals surface area contributed by atoms with Crippen LogP contribution in [0.3, 0.4) is 0 Å². The molecule has 0 amide bonds. The van der Waals surface area contributed by atoms with E-state index in [1.54, 1.807) is 0 Å². The largest absolute Gasteiger partial charge is 0.382 e. The number of aromatic amines is 1. The molecule has 2 bridgehead atoms. The highest BCUT2D eigenvalue weighted by atomic mass is 15.0. The summed E-state index contributed by atoms with van der Waals surface area (Å²) in [5.74, 6) is 0.761. The number of rotatable bonds is 2. The Bertz CT molecular complexity index is 1120. The molecule has 3 N–H and O–H groups in total. The van der Waals surface area contributed by atoms with Crippen molar-refractivity contribution in [2.45, 2.75) is 11.5 Å². The molecule has 28 heavy (non-hydrogen) atoms. The lowest BCUT2D eigenvalue weighted by Gasteiger charge is -2.48. The predicted molar refractivity (Wildman–Crippen MR) is 112 cm³/mol. The molecule has 3 aliphatic rings. The van der Waals surface area contributed by atoms with Gasteiger partial charge in [-0.2, -0.15) is 0 Å². The monoisotopic (exact) mass is 361 g/mol. The molecule has 4 aromatic rings. The van der Waals surface area contributed by atoms with Crippen LogP contribution in [0.1, 0.15) is 45.0 Å². The second-order valence-corrected chi connectivity index (χ2v) is 7.49. The van der Waals surface area contributed by atoms with Crippen molar-refractivity contribution in [3.8, 4) is 0 Å². The zero-order valence-electron chi connectivity index (χ0n) is 15.3. The first-order valence-electron chi connectivity index (χ1n) is 9.58. The van der Waals surface area contributed by atoms with E-state index in [4.69, 9.17) is 10.7 Å². The molecule has 134 valence electrons. The van der Waals surface area contributed by atoms with Crippen molar-refractivity contribution in [3.63, 3.8) is 0 Å². The highest BCUT2D eigenvalue weighted by Gasteiger charge is 2.51. The van der Waals surface area contributed by atoms with Crippen molar-refractivity contribution in [1.82, 2.24) is 4.98 Å². The quantitative estimate of drug-likeness (QED) is 0.400. The molecule has 0 spiro atoms. The second kappa shape index (κ2) is 5.46. The number of aliphatic imine (C=N–C) groups is 1. The van der Waals surface area contributed by atoms with Gasteiger partial charge in [0.1, 0.15) is 11.4 Å². The molecule has 1 heterocycles. The Balaban J connectivity index is 1.77. The van der Waals surface area contributed by atoms with Gasteiger partial charge in [0.05, 0.1) is 5.69 Å². The highest BCUT2D eigenvalue weighted by molar-refractivity contribution is 5.97. The average molecular weight is 361 g/mol. The maximum absolute atomic E-state index is 6.54. The first kappa shape index (κ1) is 15.5. The third kappa shape index (κ3) is 1.81. The molecular weight excluding hydrogens is 342 g/mol. The van der Waals surface area contributed by atoms with Crippen LogP contribution in [0.25, 0.3) is 0 Å². The molecule has 0 saturated carbocycles. The fraction of sp³-hybridized carbons (Fsp3) is 0.0800. The highest BCUT2D eigenvalue weighted by Crippen LogP contribution is 2.59. The van der Waals surface area contributed by atoms with E-state index < -0.39 is 5.54 Å². The number of hydrogen-bond acceptors (Lipinski definition) is 1. The van der Waals surface area contributed by atoms with Gasteiger partial charge in [0, 0.05) is 12.1 Å². The molecule has 0 atom stereocenters. The molecule has 0 unspecified atom stereocenters. The van der Waals surface area contributed by atoms with Gasteiger partial charge in [0.15, 0.2) is 0 Å². The zero-order chi connectivity index (χ0) is 18.7. The number of H-pyrrole nitrogens is 1. The second-order valence-electron chi connectivity index (χ2n) is 7.49. The number of hydrogen-bond donors (Lipinski definition) is 2. The Labute approximate surface area is 163 Å². The molecule has 0 radical (unpaired) electrons. The third-order valence-electron chi connectivity index (χ3n) is 6.15. The van der Waals surface area contributed by atoms with Crippen LogP contribution in [-0.4, -0.2) is 10.8 Å². The van der Waals surface area contributed by atoms with Crippen molar-refractivity contribution in [1.29, 1.82) is 0 Å². The lowest BCUT2D eigenvalue weighted by molar-refractivity contribution is 0.569. The van der Waals surface area contributed by atoms with Gasteiger partial charge in [0.25, 0.3) is 0 Å². The number of amidine groups is 1. The summed E-state index contributed by atoms with van der Waals surface area (Å²) in [7, 11) is 0. The van der Waals surface area contributed by atoms with E-state index in [2.05, 4.69) is 77.8 Å². The number of aromatic nitrogens is 1. The average Bonchev–Trinajstić information content (AvgIpc) is 3.29. The van der Waals surface area contributed by atoms with Crippen molar-refractivity contribution in [3.05, 3.63) is 130 Å². The topological polar surface area (TPSA) is 54.2 Å². The Kier molecular flexibility index (Phi) is 3.01. The summed E-state index contributed by atoms with van der Waals surface area (Å²) >= 11 is 0. The Morgan fingerprint density at radius 2 is 1.21 bits per heavy atom. The Morgan fingerprint density at radius 3 is 1.68 bits per heavy atom. The van der Waals surface area contributed by atoms with Crippen molar-refractivity contribution in [2.24, 2.45) is 10.7 Å². The summed E-state index contributed by atoms with van der Waals surface area (Å²) in [5, 5.41) is 0. The lowest BCUT2D eigenvalue weighted by atomic mass is 9.57. The minimum atomic E-state index is -0.631. The Morgan fingerprint density at radius 1 is 0.714 bits per heavy atom. The van der Waals surface area contributed by atoms with Crippen molar-refractivity contribution in [2.75, 3.05) is 0 Å². The van der Waals surface area contributed by atoms with Crippen LogP contribution < -0.4 is 5.73 Å². The van der Waals surface area contributed by atoms with Crippen LogP contribution in [0.15, 0.2) is 96.1 Å². The van der Waals surface area contributed by atoms with Crippen LogP contribution in [0.4, 0.5) is 0 Å². The molecule has 0 saturated heterocycles. The summed E-state index contributed by atoms with van der Waals surface area (Å²) in [6.07, 6.45) is 1.88. The van der Waals surface area contributed by atoms with E-state index in [9.17, 15) is 0 Å². The minimum absolute atomic E-state index is 0.243. The van der Waals surface area contributed by atoms with E-state index in [-0.39, 0.29) is 5.92 Å². The summed E-state index contributed by atoms with van der Waals surface area (Å²) < 4.78 is 0. The van der Waals surface area contributed by atoms with Crippen LogP contribution in [0, 0.1) is 0 Å². The van der Waals surface area contributed by atoms with Gasteiger partial charge in [-0.05, 0) is 45.5 Å². The molecule has 3 nitrogen and oxygen atoms in total. The van der Waals surface area contributed by atoms with Gasteiger partial charge in [-0.3, -0.25) is 0 Å². The Hall–Kier alpha value is -3.59. The molecular formula is C25H19N3. The van der Waals surface area contributed by atoms with Gasteiger partial charge in [-0.1, -0.05) is 72.8 Å². The molecule has 7 rings (SSSR count). The summed E-state index contributed by atoms with van der Waals surface area (Å²) in [5.41, 5.74) is 14.4. The van der Waals surface area contributed by atoms with E-state index >= 15 is 0 Å². The van der Waals surface area contributed by atoms with Gasteiger partial charge >= 0.3 is 0 Å². The normalized spacial score (nSPS) is 21.7. The predicted octanol–water partition coefficient (Wildman–Crippen LogP) is 4.52.